The van der Waals surface area contributed by atoms with Crippen LogP contribution in [0.15, 0.2) is 0 Å². The van der Waals surface area contributed by atoms with Gasteiger partial charge in [0.1, 0.15) is 0 Å². The van der Waals surface area contributed by atoms with Crippen molar-refractivity contribution in [3.8, 4) is 0 Å². The van der Waals surface area contributed by atoms with E-state index in [-0.39, 0.29) is 5.54 Å². The van der Waals surface area contributed by atoms with Crippen LogP contribution < -0.4 is 5.73 Å². The van der Waals surface area contributed by atoms with Gasteiger partial charge in [0.2, 0.25) is 0 Å². The molecule has 0 bridgehead atoms. The average molecular weight is 224 g/mol. The molecule has 2 atom stereocenters. The van der Waals surface area contributed by atoms with Crippen LogP contribution in [-0.4, -0.2) is 29.6 Å². The van der Waals surface area contributed by atoms with Gasteiger partial charge in [0.05, 0.1) is 0 Å². The molecule has 2 N–H and O–H groups in total. The summed E-state index contributed by atoms with van der Waals surface area (Å²) in [4.78, 5) is 2.74. The maximum atomic E-state index is 6.09. The van der Waals surface area contributed by atoms with Crippen molar-refractivity contribution in [2.75, 3.05) is 13.1 Å². The predicted octanol–water partition coefficient (Wildman–Crippen LogP) is 2.77. The molecule has 0 aromatic heterocycles. The van der Waals surface area contributed by atoms with E-state index in [1.807, 2.05) is 0 Å². The number of hydrogen-bond acceptors (Lipinski definition) is 2. The van der Waals surface area contributed by atoms with Crippen molar-refractivity contribution in [3.63, 3.8) is 0 Å². The maximum absolute atomic E-state index is 6.09. The molecule has 1 heterocycles. The van der Waals surface area contributed by atoms with Gasteiger partial charge in [-0.1, -0.05) is 26.2 Å². The van der Waals surface area contributed by atoms with Crippen LogP contribution in [0.5, 0.6) is 0 Å². The molecule has 2 aliphatic rings. The van der Waals surface area contributed by atoms with Crippen LogP contribution in [0.2, 0.25) is 0 Å². The molecule has 1 saturated heterocycles. The summed E-state index contributed by atoms with van der Waals surface area (Å²) in [5.74, 6) is 0.980. The molecule has 0 aromatic carbocycles. The zero-order valence-electron chi connectivity index (χ0n) is 11.0. The van der Waals surface area contributed by atoms with E-state index in [0.717, 1.165) is 18.5 Å². The monoisotopic (exact) mass is 224 g/mol. The molecule has 2 fully saturated rings. The van der Waals surface area contributed by atoms with Gasteiger partial charge in [-0.05, 0) is 45.1 Å². The molecule has 2 nitrogen and oxygen atoms in total. The fourth-order valence-electron chi connectivity index (χ4n) is 3.40. The van der Waals surface area contributed by atoms with Crippen LogP contribution in [0.25, 0.3) is 0 Å². The number of rotatable bonds is 5. The van der Waals surface area contributed by atoms with E-state index in [9.17, 15) is 0 Å². The summed E-state index contributed by atoms with van der Waals surface area (Å²) in [6, 6.07) is 0.793. The number of nitrogens with zero attached hydrogens (tertiary/aromatic N) is 1. The smallest absolute Gasteiger partial charge is 0.0309 e. The van der Waals surface area contributed by atoms with Gasteiger partial charge in [0.15, 0.2) is 0 Å². The van der Waals surface area contributed by atoms with Crippen molar-refractivity contribution >= 4 is 0 Å². The number of piperidine rings is 1. The average Bonchev–Trinajstić information content (AvgIpc) is 3.12. The molecule has 0 aromatic rings. The minimum absolute atomic E-state index is 0.280. The normalized spacial score (nSPS) is 31.3. The molecule has 1 aliphatic carbocycles. The number of nitrogens with two attached hydrogens (primary N) is 1. The van der Waals surface area contributed by atoms with Crippen molar-refractivity contribution in [2.24, 2.45) is 11.7 Å². The van der Waals surface area contributed by atoms with Crippen LogP contribution in [0.3, 0.4) is 0 Å². The first-order valence-electron chi connectivity index (χ1n) is 7.16. The second-order valence-electron chi connectivity index (χ2n) is 6.10. The molecule has 2 rings (SSSR count). The van der Waals surface area contributed by atoms with Crippen LogP contribution in [0, 0.1) is 5.92 Å². The topological polar surface area (TPSA) is 29.3 Å². The summed E-state index contributed by atoms with van der Waals surface area (Å²) in [6.07, 6.45) is 9.69. The highest BCUT2D eigenvalue weighted by Crippen LogP contribution is 2.40. The van der Waals surface area contributed by atoms with Gasteiger partial charge in [-0.2, -0.15) is 0 Å². The highest BCUT2D eigenvalue weighted by molar-refractivity contribution is 4.96. The highest BCUT2D eigenvalue weighted by Gasteiger charge is 2.40. The van der Waals surface area contributed by atoms with Gasteiger partial charge in [-0.25, -0.2) is 0 Å². The quantitative estimate of drug-likeness (QED) is 0.778. The van der Waals surface area contributed by atoms with Gasteiger partial charge in [0, 0.05) is 18.1 Å². The third-order valence-corrected chi connectivity index (χ3v) is 4.66. The summed E-state index contributed by atoms with van der Waals surface area (Å²) in [7, 11) is 0. The Hall–Kier alpha value is -0.0800. The first kappa shape index (κ1) is 12.4. The van der Waals surface area contributed by atoms with Gasteiger partial charge in [-0.3, -0.25) is 4.90 Å². The van der Waals surface area contributed by atoms with Crippen LogP contribution >= 0.6 is 0 Å². The van der Waals surface area contributed by atoms with E-state index in [4.69, 9.17) is 5.73 Å². The third kappa shape index (κ3) is 2.60. The molecule has 2 unspecified atom stereocenters. The Kier molecular flexibility index (Phi) is 3.91. The Morgan fingerprint density at radius 1 is 1.25 bits per heavy atom. The van der Waals surface area contributed by atoms with E-state index < -0.39 is 0 Å². The number of likely N-dealkylation sites (tertiary alicyclic amines) is 1. The molecule has 0 spiro atoms. The molecule has 2 heteroatoms. The highest BCUT2D eigenvalue weighted by atomic mass is 15.2. The lowest BCUT2D eigenvalue weighted by Gasteiger charge is -2.48. The lowest BCUT2D eigenvalue weighted by atomic mass is 9.87. The molecule has 1 aliphatic heterocycles. The Morgan fingerprint density at radius 3 is 2.56 bits per heavy atom. The zero-order chi connectivity index (χ0) is 11.6. The fraction of sp³-hybridized carbons (Fsp3) is 1.00. The lowest BCUT2D eigenvalue weighted by Crippen LogP contribution is -2.57. The molecule has 1 saturated carbocycles. The zero-order valence-corrected chi connectivity index (χ0v) is 11.0. The lowest BCUT2D eigenvalue weighted by molar-refractivity contribution is 0.0225. The molecule has 0 radical (unpaired) electrons. The summed E-state index contributed by atoms with van der Waals surface area (Å²) >= 11 is 0. The molecule has 94 valence electrons. The SMILES string of the molecule is CCC1CCCCN1C(C)(CN)CC1CC1. The predicted molar refractivity (Wildman–Crippen MR) is 69.4 cm³/mol. The Bertz CT molecular complexity index is 225. The maximum Gasteiger partial charge on any atom is 0.0309 e. The van der Waals surface area contributed by atoms with Gasteiger partial charge in [0.25, 0.3) is 0 Å². The minimum atomic E-state index is 0.280. The largest absolute Gasteiger partial charge is 0.329 e. The Balaban J connectivity index is 2.03. The Morgan fingerprint density at radius 2 is 2.00 bits per heavy atom. The van der Waals surface area contributed by atoms with Gasteiger partial charge in [-0.15, -0.1) is 0 Å². The second kappa shape index (κ2) is 5.05. The summed E-state index contributed by atoms with van der Waals surface area (Å²) in [5, 5.41) is 0. The van der Waals surface area contributed by atoms with E-state index >= 15 is 0 Å². The molecular weight excluding hydrogens is 196 g/mol. The van der Waals surface area contributed by atoms with Crippen molar-refractivity contribution < 1.29 is 0 Å². The second-order valence-corrected chi connectivity index (χ2v) is 6.10. The minimum Gasteiger partial charge on any atom is -0.329 e. The summed E-state index contributed by atoms with van der Waals surface area (Å²) in [5.41, 5.74) is 6.37. The summed E-state index contributed by atoms with van der Waals surface area (Å²) in [6.45, 7) is 6.84. The van der Waals surface area contributed by atoms with Crippen LogP contribution in [0.4, 0.5) is 0 Å². The Labute approximate surface area is 101 Å². The first-order chi connectivity index (χ1) is 7.69. The van der Waals surface area contributed by atoms with Crippen molar-refractivity contribution in [1.29, 1.82) is 0 Å². The van der Waals surface area contributed by atoms with Crippen molar-refractivity contribution in [3.05, 3.63) is 0 Å². The fourth-order valence-corrected chi connectivity index (χ4v) is 3.40. The van der Waals surface area contributed by atoms with E-state index in [2.05, 4.69) is 18.7 Å². The molecule has 0 amide bonds. The third-order valence-electron chi connectivity index (χ3n) is 4.66. The van der Waals surface area contributed by atoms with Crippen LogP contribution in [-0.2, 0) is 0 Å². The molecule has 16 heavy (non-hydrogen) atoms. The molecular formula is C14H28N2. The first-order valence-corrected chi connectivity index (χ1v) is 7.16. The van der Waals surface area contributed by atoms with E-state index in [1.165, 1.54) is 51.5 Å². The van der Waals surface area contributed by atoms with Crippen molar-refractivity contribution in [1.82, 2.24) is 4.90 Å². The van der Waals surface area contributed by atoms with Crippen molar-refractivity contribution in [2.45, 2.75) is 70.4 Å². The van der Waals surface area contributed by atoms with E-state index in [0.29, 0.717) is 0 Å². The number of hydrogen-bond donors (Lipinski definition) is 1. The van der Waals surface area contributed by atoms with Gasteiger partial charge >= 0.3 is 0 Å². The van der Waals surface area contributed by atoms with E-state index in [1.54, 1.807) is 0 Å². The standard InChI is InChI=1S/C14H28N2/c1-3-13-6-4-5-9-16(13)14(2,11-15)10-12-7-8-12/h12-13H,3-11,15H2,1-2H3. The van der Waals surface area contributed by atoms with Gasteiger partial charge < -0.3 is 5.73 Å². The summed E-state index contributed by atoms with van der Waals surface area (Å²) < 4.78 is 0. The van der Waals surface area contributed by atoms with Crippen LogP contribution in [0.1, 0.15) is 58.8 Å².